The van der Waals surface area contributed by atoms with Gasteiger partial charge in [0.05, 0.1) is 21.5 Å². The van der Waals surface area contributed by atoms with Crippen molar-refractivity contribution in [3.8, 4) is 0 Å². The fraction of sp³-hybridized carbons (Fsp3) is 0.261. The molecule has 5 N–H and O–H groups in total. The zero-order valence-corrected chi connectivity index (χ0v) is 20.2. The zero-order chi connectivity index (χ0) is 24.9. The Morgan fingerprint density at radius 2 is 2.03 bits per heavy atom. The molecule has 0 bridgehead atoms. The van der Waals surface area contributed by atoms with Crippen molar-refractivity contribution >= 4 is 63.1 Å². The topological polar surface area (TPSA) is 158 Å². The van der Waals surface area contributed by atoms with E-state index in [0.29, 0.717) is 33.3 Å². The average molecular weight is 513 g/mol. The van der Waals surface area contributed by atoms with E-state index in [1.54, 1.807) is 18.2 Å². The number of nitrogens with zero attached hydrogens (tertiary/aromatic N) is 4. The van der Waals surface area contributed by atoms with Gasteiger partial charge in [0, 0.05) is 35.1 Å². The molecule has 4 aromatic rings. The van der Waals surface area contributed by atoms with Gasteiger partial charge in [-0.25, -0.2) is 24.5 Å². The van der Waals surface area contributed by atoms with Crippen molar-refractivity contribution in [3.05, 3.63) is 46.2 Å². The van der Waals surface area contributed by atoms with Crippen LogP contribution in [0.3, 0.4) is 0 Å². The summed E-state index contributed by atoms with van der Waals surface area (Å²) in [7, 11) is 0. The minimum atomic E-state index is -1.40. The largest absolute Gasteiger partial charge is 0.478 e. The maximum atomic E-state index is 11.5. The predicted molar refractivity (Wildman–Crippen MR) is 133 cm³/mol. The third kappa shape index (κ3) is 4.26. The van der Waals surface area contributed by atoms with E-state index in [4.69, 9.17) is 22.3 Å². The van der Waals surface area contributed by atoms with Crippen LogP contribution in [0.5, 0.6) is 0 Å². The van der Waals surface area contributed by atoms with Gasteiger partial charge in [0.25, 0.3) is 0 Å². The highest BCUT2D eigenvalue weighted by Gasteiger charge is 2.26. The van der Waals surface area contributed by atoms with E-state index >= 15 is 0 Å². The van der Waals surface area contributed by atoms with Crippen LogP contribution in [0.4, 0.5) is 5.82 Å². The van der Waals surface area contributed by atoms with Gasteiger partial charge in [0.15, 0.2) is 10.9 Å². The van der Waals surface area contributed by atoms with E-state index < -0.39 is 17.6 Å². The van der Waals surface area contributed by atoms with Gasteiger partial charge in [0.1, 0.15) is 11.5 Å². The fourth-order valence-electron chi connectivity index (χ4n) is 4.21. The van der Waals surface area contributed by atoms with E-state index in [1.165, 1.54) is 17.8 Å². The highest BCUT2D eigenvalue weighted by atomic mass is 35.5. The zero-order valence-electron chi connectivity index (χ0n) is 18.6. The molecule has 0 spiro atoms. The highest BCUT2D eigenvalue weighted by molar-refractivity contribution is 7.99. The monoisotopic (exact) mass is 512 g/mol. The number of pyridine rings is 1. The Bertz CT molecular complexity index is 1510. The number of H-pyrrole nitrogens is 1. The number of halogens is 1. The molecule has 1 aliphatic heterocycles. The van der Waals surface area contributed by atoms with Gasteiger partial charge >= 0.3 is 11.9 Å². The van der Waals surface area contributed by atoms with Crippen LogP contribution in [0.2, 0.25) is 5.02 Å². The van der Waals surface area contributed by atoms with Gasteiger partial charge in [-0.3, -0.25) is 0 Å². The number of carboxylic acids is 2. The van der Waals surface area contributed by atoms with Crippen molar-refractivity contribution in [1.29, 1.82) is 0 Å². The summed E-state index contributed by atoms with van der Waals surface area (Å²) < 4.78 is 0. The summed E-state index contributed by atoms with van der Waals surface area (Å²) in [6.45, 7) is 3.45. The predicted octanol–water partition coefficient (Wildman–Crippen LogP) is 3.81. The number of aromatic amines is 1. The molecule has 1 atom stereocenters. The van der Waals surface area contributed by atoms with E-state index in [0.717, 1.165) is 41.2 Å². The molecule has 35 heavy (non-hydrogen) atoms. The van der Waals surface area contributed by atoms with Crippen LogP contribution in [-0.2, 0) is 6.42 Å². The first kappa shape index (κ1) is 23.3. The molecule has 4 heterocycles. The van der Waals surface area contributed by atoms with Gasteiger partial charge in [-0.2, -0.15) is 0 Å². The second-order valence-corrected chi connectivity index (χ2v) is 9.69. The van der Waals surface area contributed by atoms with Crippen LogP contribution in [-0.4, -0.2) is 61.2 Å². The number of aromatic carboxylic acids is 2. The minimum Gasteiger partial charge on any atom is -0.478 e. The molecule has 5 rings (SSSR count). The number of aryl methyl sites for hydroxylation is 1. The molecular formula is C23H21ClN6O4S. The molecule has 1 saturated heterocycles. The number of carbonyl (C=O) groups is 2. The number of nitrogens with two attached hydrogens (primary N) is 1. The van der Waals surface area contributed by atoms with E-state index in [1.807, 2.05) is 6.92 Å². The summed E-state index contributed by atoms with van der Waals surface area (Å²) in [6, 6.07) is 6.55. The summed E-state index contributed by atoms with van der Waals surface area (Å²) in [5.74, 6) is -2.02. The number of hydrogen-bond acceptors (Lipinski definition) is 8. The Hall–Kier alpha value is -3.41. The number of hydrogen-bond donors (Lipinski definition) is 4. The lowest BCUT2D eigenvalue weighted by molar-refractivity contribution is 0.0647. The van der Waals surface area contributed by atoms with Crippen LogP contribution in [0.25, 0.3) is 21.9 Å². The maximum Gasteiger partial charge on any atom is 0.355 e. The molecule has 1 aromatic carbocycles. The first-order chi connectivity index (χ1) is 16.7. The average Bonchev–Trinajstić information content (AvgIpc) is 3.40. The number of anilines is 1. The van der Waals surface area contributed by atoms with Gasteiger partial charge in [-0.15, -0.1) is 0 Å². The van der Waals surface area contributed by atoms with Crippen molar-refractivity contribution < 1.29 is 19.8 Å². The third-order valence-electron chi connectivity index (χ3n) is 5.93. The maximum absolute atomic E-state index is 11.5. The Labute approximate surface area is 208 Å². The number of fused-ring (bicyclic) bond motifs is 2. The first-order valence-electron chi connectivity index (χ1n) is 10.9. The lowest BCUT2D eigenvalue weighted by Gasteiger charge is -2.18. The first-order valence-corrected chi connectivity index (χ1v) is 12.1. The van der Waals surface area contributed by atoms with Gasteiger partial charge in [0.2, 0.25) is 0 Å². The van der Waals surface area contributed by atoms with Crippen LogP contribution in [0.15, 0.2) is 34.3 Å². The van der Waals surface area contributed by atoms with Crippen molar-refractivity contribution in [3.63, 3.8) is 0 Å². The SMILES string of the molecule is CCc1[nH]c2nc(Sc3ccc4cc(C(=O)O)c(C(=O)O)nc4c3)nc(N3CCC(N)C3)c2c1Cl. The molecule has 1 aliphatic rings. The molecular weight excluding hydrogens is 492 g/mol. The molecule has 1 fully saturated rings. The lowest BCUT2D eigenvalue weighted by Crippen LogP contribution is -2.27. The van der Waals surface area contributed by atoms with Crippen LogP contribution >= 0.6 is 23.4 Å². The van der Waals surface area contributed by atoms with Gasteiger partial charge in [-0.1, -0.05) is 24.6 Å². The molecule has 1 unspecified atom stereocenters. The summed E-state index contributed by atoms with van der Waals surface area (Å²) in [5, 5.41) is 21.1. The number of benzene rings is 1. The number of carboxylic acid groups (broad SMARTS) is 2. The second kappa shape index (κ2) is 8.99. The van der Waals surface area contributed by atoms with Crippen LogP contribution < -0.4 is 10.6 Å². The molecule has 10 nitrogen and oxygen atoms in total. The number of nitrogens with one attached hydrogen (secondary N) is 1. The summed E-state index contributed by atoms with van der Waals surface area (Å²) in [4.78, 5) is 42.7. The second-order valence-electron chi connectivity index (χ2n) is 8.27. The molecule has 0 radical (unpaired) electrons. The molecule has 180 valence electrons. The van der Waals surface area contributed by atoms with Crippen molar-refractivity contribution in [2.75, 3.05) is 18.0 Å². The standard InChI is InChI=1S/C23H21ClN6O4S/c1-2-14-17(24)16-19(27-14)28-23(29-20(16)30-6-5-11(25)9-30)35-12-4-3-10-7-13(21(31)32)18(22(33)34)26-15(10)8-12/h3-4,7-8,11H,2,5-6,9,25H2,1H3,(H,31,32)(H,33,34)(H,27,28,29). The highest BCUT2D eigenvalue weighted by Crippen LogP contribution is 2.38. The summed E-state index contributed by atoms with van der Waals surface area (Å²) in [5.41, 5.74) is 7.15. The number of rotatable bonds is 6. The van der Waals surface area contributed by atoms with Crippen molar-refractivity contribution in [2.24, 2.45) is 5.73 Å². The molecule has 0 amide bonds. The summed E-state index contributed by atoms with van der Waals surface area (Å²) >= 11 is 7.95. The van der Waals surface area contributed by atoms with E-state index in [9.17, 15) is 19.8 Å². The smallest absolute Gasteiger partial charge is 0.355 e. The Balaban J connectivity index is 1.58. The quantitative estimate of drug-likeness (QED) is 0.280. The normalized spacial score (nSPS) is 15.9. The molecule has 12 heteroatoms. The minimum absolute atomic E-state index is 0.0603. The van der Waals surface area contributed by atoms with Crippen LogP contribution in [0.1, 0.15) is 39.9 Å². The molecule has 3 aromatic heterocycles. The molecule has 0 aliphatic carbocycles. The fourth-order valence-corrected chi connectivity index (χ4v) is 5.35. The Morgan fingerprint density at radius 1 is 1.23 bits per heavy atom. The Morgan fingerprint density at radius 3 is 2.69 bits per heavy atom. The van der Waals surface area contributed by atoms with Gasteiger partial charge < -0.3 is 25.8 Å². The van der Waals surface area contributed by atoms with Gasteiger partial charge in [-0.05, 0) is 42.8 Å². The van der Waals surface area contributed by atoms with E-state index in [2.05, 4.69) is 19.9 Å². The Kier molecular flexibility index (Phi) is 5.99. The summed E-state index contributed by atoms with van der Waals surface area (Å²) in [6.07, 6.45) is 1.58. The van der Waals surface area contributed by atoms with Crippen molar-refractivity contribution in [2.45, 2.75) is 35.9 Å². The third-order valence-corrected chi connectivity index (χ3v) is 7.20. The lowest BCUT2D eigenvalue weighted by atomic mass is 10.1. The van der Waals surface area contributed by atoms with Crippen LogP contribution in [0, 0.1) is 0 Å². The van der Waals surface area contributed by atoms with Crippen molar-refractivity contribution in [1.82, 2.24) is 19.9 Å². The number of aromatic nitrogens is 4. The molecule has 0 saturated carbocycles. The van der Waals surface area contributed by atoms with E-state index in [-0.39, 0.29) is 11.6 Å².